The fourth-order valence-electron chi connectivity index (χ4n) is 2.07. The lowest BCUT2D eigenvalue weighted by Crippen LogP contribution is -2.17. The lowest BCUT2D eigenvalue weighted by Gasteiger charge is -2.20. The van der Waals surface area contributed by atoms with Gasteiger partial charge < -0.3 is 10.1 Å². The summed E-state index contributed by atoms with van der Waals surface area (Å²) in [6.07, 6.45) is 3.72. The first-order chi connectivity index (χ1) is 8.34. The Balaban J connectivity index is 2.07. The van der Waals surface area contributed by atoms with Crippen molar-refractivity contribution in [3.8, 4) is 16.9 Å². The lowest BCUT2D eigenvalue weighted by molar-refractivity contribution is 0.323. The summed E-state index contributed by atoms with van der Waals surface area (Å²) in [7, 11) is 0. The van der Waals surface area contributed by atoms with Crippen LogP contribution in [-0.2, 0) is 0 Å². The first kappa shape index (κ1) is 10.1. The largest absolute Gasteiger partial charge is 0.490 e. The predicted molar refractivity (Wildman–Crippen MR) is 68.4 cm³/mol. The molecule has 3 rings (SSSR count). The Morgan fingerprint density at radius 3 is 3.12 bits per heavy atom. The molecule has 0 unspecified atom stereocenters. The van der Waals surface area contributed by atoms with Gasteiger partial charge in [0.05, 0.1) is 5.69 Å². The van der Waals surface area contributed by atoms with Crippen LogP contribution < -0.4 is 10.1 Å². The summed E-state index contributed by atoms with van der Waals surface area (Å²) in [5.74, 6) is 0.932. The van der Waals surface area contributed by atoms with E-state index < -0.39 is 0 Å². The van der Waals surface area contributed by atoms with Gasteiger partial charge in [-0.15, -0.1) is 0 Å². The number of rotatable bonds is 1. The zero-order valence-corrected chi connectivity index (χ0v) is 9.73. The van der Waals surface area contributed by atoms with Gasteiger partial charge in [0, 0.05) is 24.5 Å². The molecule has 2 aromatic rings. The molecule has 0 spiro atoms. The van der Waals surface area contributed by atoms with Crippen LogP contribution in [0.15, 0.2) is 36.7 Å². The van der Waals surface area contributed by atoms with E-state index in [1.54, 1.807) is 0 Å². The van der Waals surface area contributed by atoms with Crippen molar-refractivity contribution in [2.75, 3.05) is 18.5 Å². The number of hydrogen-bond acceptors (Lipinski definition) is 3. The molecule has 17 heavy (non-hydrogen) atoms. The van der Waals surface area contributed by atoms with E-state index in [1.165, 1.54) is 16.7 Å². The van der Waals surface area contributed by atoms with Crippen molar-refractivity contribution >= 4 is 5.69 Å². The molecule has 0 bridgehead atoms. The van der Waals surface area contributed by atoms with Gasteiger partial charge in [0.2, 0.25) is 0 Å². The minimum Gasteiger partial charge on any atom is -0.490 e. The molecule has 1 N–H and O–H groups in total. The fraction of sp³-hybridized carbons (Fsp3) is 0.214. The van der Waals surface area contributed by atoms with Gasteiger partial charge in [-0.2, -0.15) is 0 Å². The molecular weight excluding hydrogens is 212 g/mol. The average Bonchev–Trinajstić information content (AvgIpc) is 2.39. The number of nitrogens with zero attached hydrogens (tertiary/aromatic N) is 1. The summed E-state index contributed by atoms with van der Waals surface area (Å²) >= 11 is 0. The maximum atomic E-state index is 5.57. The number of ether oxygens (including phenoxy) is 1. The van der Waals surface area contributed by atoms with Crippen LogP contribution in [-0.4, -0.2) is 18.1 Å². The molecule has 1 aromatic heterocycles. The molecule has 1 aliphatic heterocycles. The summed E-state index contributed by atoms with van der Waals surface area (Å²) in [6.45, 7) is 3.70. The third kappa shape index (κ3) is 1.84. The molecule has 2 heterocycles. The van der Waals surface area contributed by atoms with Gasteiger partial charge in [-0.1, -0.05) is 6.07 Å². The van der Waals surface area contributed by atoms with Crippen molar-refractivity contribution in [1.82, 2.24) is 4.98 Å². The summed E-state index contributed by atoms with van der Waals surface area (Å²) < 4.78 is 5.57. The van der Waals surface area contributed by atoms with E-state index in [0.717, 1.165) is 24.6 Å². The van der Waals surface area contributed by atoms with Crippen molar-refractivity contribution in [2.45, 2.75) is 6.92 Å². The predicted octanol–water partition coefficient (Wildman–Crippen LogP) is 2.86. The Labute approximate surface area is 100 Å². The number of hydrogen-bond donors (Lipinski definition) is 1. The van der Waals surface area contributed by atoms with Gasteiger partial charge in [-0.05, 0) is 36.2 Å². The molecular formula is C14H14N2O. The lowest BCUT2D eigenvalue weighted by atomic mass is 10.0. The topological polar surface area (TPSA) is 34.2 Å². The number of anilines is 1. The van der Waals surface area contributed by atoms with E-state index in [9.17, 15) is 0 Å². The summed E-state index contributed by atoms with van der Waals surface area (Å²) in [6, 6.07) is 8.25. The molecule has 3 heteroatoms. The highest BCUT2D eigenvalue weighted by atomic mass is 16.5. The van der Waals surface area contributed by atoms with Crippen LogP contribution in [0.4, 0.5) is 5.69 Å². The Morgan fingerprint density at radius 2 is 2.24 bits per heavy atom. The van der Waals surface area contributed by atoms with Gasteiger partial charge in [-0.25, -0.2) is 0 Å². The molecule has 0 radical (unpaired) electrons. The molecule has 0 atom stereocenters. The normalized spacial score (nSPS) is 13.5. The first-order valence-electron chi connectivity index (χ1n) is 5.76. The van der Waals surface area contributed by atoms with E-state index in [1.807, 2.05) is 24.5 Å². The molecule has 1 aromatic carbocycles. The Hall–Kier alpha value is -2.03. The maximum absolute atomic E-state index is 5.57. The quantitative estimate of drug-likeness (QED) is 0.811. The molecule has 0 saturated carbocycles. The summed E-state index contributed by atoms with van der Waals surface area (Å²) in [5, 5.41) is 3.35. The van der Waals surface area contributed by atoms with Gasteiger partial charge in [0.25, 0.3) is 0 Å². The smallest absolute Gasteiger partial charge is 0.142 e. The molecule has 0 saturated heterocycles. The standard InChI is InChI=1S/C14H14N2O/c1-10-4-5-15-9-12(10)11-2-3-14-13(8-11)16-6-7-17-14/h2-5,8-9,16H,6-7H2,1H3. The zero-order valence-electron chi connectivity index (χ0n) is 9.73. The third-order valence-electron chi connectivity index (χ3n) is 3.00. The molecule has 1 aliphatic rings. The minimum absolute atomic E-state index is 0.734. The zero-order chi connectivity index (χ0) is 11.7. The number of aryl methyl sites for hydroxylation is 1. The second-order valence-corrected chi connectivity index (χ2v) is 4.18. The van der Waals surface area contributed by atoms with Gasteiger partial charge >= 0.3 is 0 Å². The highest BCUT2D eigenvalue weighted by Gasteiger charge is 2.11. The van der Waals surface area contributed by atoms with Gasteiger partial charge in [-0.3, -0.25) is 4.98 Å². The van der Waals surface area contributed by atoms with E-state index in [2.05, 4.69) is 29.4 Å². The van der Waals surface area contributed by atoms with Crippen LogP contribution in [0.3, 0.4) is 0 Å². The molecule has 0 aliphatic carbocycles. The van der Waals surface area contributed by atoms with E-state index in [-0.39, 0.29) is 0 Å². The van der Waals surface area contributed by atoms with Crippen LogP contribution in [0.2, 0.25) is 0 Å². The number of benzene rings is 1. The first-order valence-corrected chi connectivity index (χ1v) is 5.76. The van der Waals surface area contributed by atoms with Crippen molar-refractivity contribution in [3.63, 3.8) is 0 Å². The Bertz CT molecular complexity index is 552. The number of aromatic nitrogens is 1. The maximum Gasteiger partial charge on any atom is 0.142 e. The highest BCUT2D eigenvalue weighted by Crippen LogP contribution is 2.33. The second kappa shape index (κ2) is 4.09. The molecule has 0 amide bonds. The summed E-state index contributed by atoms with van der Waals surface area (Å²) in [4.78, 5) is 4.18. The number of pyridine rings is 1. The summed E-state index contributed by atoms with van der Waals surface area (Å²) in [5.41, 5.74) is 4.64. The molecule has 3 nitrogen and oxygen atoms in total. The average molecular weight is 226 g/mol. The van der Waals surface area contributed by atoms with E-state index in [4.69, 9.17) is 4.74 Å². The highest BCUT2D eigenvalue weighted by molar-refractivity contribution is 5.73. The van der Waals surface area contributed by atoms with Crippen molar-refractivity contribution in [3.05, 3.63) is 42.2 Å². The van der Waals surface area contributed by atoms with Gasteiger partial charge in [0.1, 0.15) is 12.4 Å². The van der Waals surface area contributed by atoms with E-state index >= 15 is 0 Å². The van der Waals surface area contributed by atoms with Gasteiger partial charge in [0.15, 0.2) is 0 Å². The fourth-order valence-corrected chi connectivity index (χ4v) is 2.07. The molecule has 0 fully saturated rings. The second-order valence-electron chi connectivity index (χ2n) is 4.18. The number of nitrogens with one attached hydrogen (secondary N) is 1. The van der Waals surface area contributed by atoms with Crippen LogP contribution in [0.25, 0.3) is 11.1 Å². The monoisotopic (exact) mass is 226 g/mol. The molecule has 86 valence electrons. The van der Waals surface area contributed by atoms with Crippen LogP contribution in [0.1, 0.15) is 5.56 Å². The third-order valence-corrected chi connectivity index (χ3v) is 3.00. The van der Waals surface area contributed by atoms with E-state index in [0.29, 0.717) is 0 Å². The minimum atomic E-state index is 0.734. The Morgan fingerprint density at radius 1 is 1.29 bits per heavy atom. The van der Waals surface area contributed by atoms with Crippen LogP contribution in [0.5, 0.6) is 5.75 Å². The van der Waals surface area contributed by atoms with Crippen LogP contribution in [0, 0.1) is 6.92 Å². The van der Waals surface area contributed by atoms with Crippen LogP contribution >= 0.6 is 0 Å². The van der Waals surface area contributed by atoms with Crippen molar-refractivity contribution in [2.24, 2.45) is 0 Å². The van der Waals surface area contributed by atoms with Crippen molar-refractivity contribution in [1.29, 1.82) is 0 Å². The number of fused-ring (bicyclic) bond motifs is 1. The van der Waals surface area contributed by atoms with Crippen molar-refractivity contribution < 1.29 is 4.74 Å². The Kier molecular flexibility index (Phi) is 2.44. The SMILES string of the molecule is Cc1ccncc1-c1ccc2c(c1)NCCO2.